The van der Waals surface area contributed by atoms with Crippen LogP contribution in [0.5, 0.6) is 0 Å². The van der Waals surface area contributed by atoms with Gasteiger partial charge in [0.15, 0.2) is 5.78 Å². The Hall–Kier alpha value is -1.78. The lowest BCUT2D eigenvalue weighted by molar-refractivity contribution is -0.127. The van der Waals surface area contributed by atoms with E-state index >= 15 is 0 Å². The number of amides is 1. The third kappa shape index (κ3) is 4.09. The maximum absolute atomic E-state index is 11.9. The van der Waals surface area contributed by atoms with Crippen LogP contribution in [0.4, 0.5) is 4.79 Å². The smallest absolute Gasteiger partial charge is 0.412 e. The Morgan fingerprint density at radius 3 is 2.43 bits per heavy atom. The van der Waals surface area contributed by atoms with E-state index in [4.69, 9.17) is 4.74 Å². The number of allylic oxidation sites excluding steroid dienone is 1. The van der Waals surface area contributed by atoms with Gasteiger partial charge < -0.3 is 15.0 Å². The summed E-state index contributed by atoms with van der Waals surface area (Å²) >= 11 is 0. The minimum Gasteiger partial charge on any atom is -0.416 e. The van der Waals surface area contributed by atoms with Crippen LogP contribution in [0, 0.1) is 5.92 Å². The van der Waals surface area contributed by atoms with Crippen LogP contribution in [0.25, 0.3) is 0 Å². The van der Waals surface area contributed by atoms with Crippen molar-refractivity contribution in [1.29, 1.82) is 0 Å². The highest BCUT2D eigenvalue weighted by molar-refractivity contribution is 5.88. The van der Waals surface area contributed by atoms with Gasteiger partial charge in [-0.3, -0.25) is 4.79 Å². The lowest BCUT2D eigenvalue weighted by atomic mass is 9.82. The molecule has 1 atom stereocenters. The molecule has 0 aromatic carbocycles. The lowest BCUT2D eigenvalue weighted by Crippen LogP contribution is -2.53. The molecule has 1 N–H and O–H groups in total. The first kappa shape index (κ1) is 15.6. The number of ketones is 1. The maximum Gasteiger partial charge on any atom is 0.412 e. The summed E-state index contributed by atoms with van der Waals surface area (Å²) in [4.78, 5) is 25.0. The number of nitrogens with zero attached hydrogens (tertiary/aromatic N) is 1. The second-order valence-electron chi connectivity index (χ2n) is 6.00. The van der Waals surface area contributed by atoms with Gasteiger partial charge >= 0.3 is 6.09 Å². The maximum atomic E-state index is 11.9. The Bertz CT molecular complexity index is 444. The standard InChI is InChI=1S/C16H24N2O3/c1-11(2)21-16(20)17-15(13-7-5-4-6-8-13)12(3)18-9-14(19)10-18/h13,15H,1,3-10H2,2H3,(H,17,20)/t15-/m1/s1. The molecule has 0 aromatic heterocycles. The summed E-state index contributed by atoms with van der Waals surface area (Å²) in [7, 11) is 0. The predicted octanol–water partition coefficient (Wildman–Crippen LogP) is 2.59. The van der Waals surface area contributed by atoms with Crippen molar-refractivity contribution >= 4 is 11.9 Å². The molecule has 0 aromatic rings. The van der Waals surface area contributed by atoms with Crippen molar-refractivity contribution in [2.75, 3.05) is 13.1 Å². The van der Waals surface area contributed by atoms with Crippen molar-refractivity contribution in [1.82, 2.24) is 10.2 Å². The normalized spacial score (nSPS) is 20.4. The number of hydrogen-bond donors (Lipinski definition) is 1. The summed E-state index contributed by atoms with van der Waals surface area (Å²) in [6.45, 7) is 10.1. The first-order chi connectivity index (χ1) is 9.97. The zero-order valence-electron chi connectivity index (χ0n) is 12.7. The second kappa shape index (κ2) is 6.78. The molecule has 2 aliphatic rings. The Labute approximate surface area is 126 Å². The fourth-order valence-electron chi connectivity index (χ4n) is 3.03. The van der Waals surface area contributed by atoms with Crippen LogP contribution in [-0.2, 0) is 9.53 Å². The van der Waals surface area contributed by atoms with Gasteiger partial charge in [-0.2, -0.15) is 0 Å². The van der Waals surface area contributed by atoms with E-state index in [1.54, 1.807) is 6.92 Å². The van der Waals surface area contributed by atoms with Gasteiger partial charge in [-0.15, -0.1) is 0 Å². The first-order valence-electron chi connectivity index (χ1n) is 7.56. The van der Waals surface area contributed by atoms with E-state index in [1.807, 2.05) is 4.90 Å². The molecule has 1 saturated heterocycles. The van der Waals surface area contributed by atoms with Gasteiger partial charge in [0, 0.05) is 5.70 Å². The summed E-state index contributed by atoms with van der Waals surface area (Å²) in [5.74, 6) is 0.933. The number of hydrogen-bond acceptors (Lipinski definition) is 4. The van der Waals surface area contributed by atoms with Crippen LogP contribution in [-0.4, -0.2) is 35.9 Å². The molecule has 1 aliphatic heterocycles. The molecule has 5 heteroatoms. The highest BCUT2D eigenvalue weighted by Gasteiger charge is 2.34. The van der Waals surface area contributed by atoms with Crippen molar-refractivity contribution in [2.45, 2.75) is 45.1 Å². The molecule has 1 aliphatic carbocycles. The Morgan fingerprint density at radius 2 is 1.90 bits per heavy atom. The number of carbonyl (C=O) groups is 2. The number of likely N-dealkylation sites (tertiary alicyclic amines) is 1. The van der Waals surface area contributed by atoms with Gasteiger partial charge in [0.25, 0.3) is 0 Å². The molecule has 116 valence electrons. The fourth-order valence-corrected chi connectivity index (χ4v) is 3.03. The number of ether oxygens (including phenoxy) is 1. The molecule has 1 amide bonds. The molecule has 0 unspecified atom stereocenters. The van der Waals surface area contributed by atoms with Crippen molar-refractivity contribution in [3.8, 4) is 0 Å². The number of Topliss-reactive ketones (excluding diaryl/α,β-unsaturated/α-hetero) is 1. The van der Waals surface area contributed by atoms with E-state index in [-0.39, 0.29) is 11.8 Å². The van der Waals surface area contributed by atoms with E-state index in [9.17, 15) is 9.59 Å². The monoisotopic (exact) mass is 292 g/mol. The zero-order chi connectivity index (χ0) is 15.4. The number of rotatable bonds is 5. The van der Waals surface area contributed by atoms with Crippen LogP contribution >= 0.6 is 0 Å². The summed E-state index contributed by atoms with van der Waals surface area (Å²) < 4.78 is 5.00. The van der Waals surface area contributed by atoms with E-state index < -0.39 is 6.09 Å². The van der Waals surface area contributed by atoms with E-state index in [2.05, 4.69) is 18.5 Å². The third-order valence-corrected chi connectivity index (χ3v) is 4.16. The molecule has 2 fully saturated rings. The van der Waals surface area contributed by atoms with Crippen LogP contribution in [0.15, 0.2) is 24.6 Å². The number of nitrogens with one attached hydrogen (secondary N) is 1. The van der Waals surface area contributed by atoms with Gasteiger partial charge in [0.2, 0.25) is 0 Å². The molecule has 0 radical (unpaired) electrons. The van der Waals surface area contributed by atoms with Crippen LogP contribution in [0.2, 0.25) is 0 Å². The summed E-state index contributed by atoms with van der Waals surface area (Å²) in [6.07, 6.45) is 5.23. The SMILES string of the molecule is C=C(C)OC(=O)N[C@H](C(=C)N1CC(=O)C1)C1CCCCC1. The molecule has 5 nitrogen and oxygen atoms in total. The van der Waals surface area contributed by atoms with Gasteiger partial charge in [0.1, 0.15) is 0 Å². The van der Waals surface area contributed by atoms with Gasteiger partial charge in [-0.25, -0.2) is 4.79 Å². The van der Waals surface area contributed by atoms with Gasteiger partial charge in [0.05, 0.1) is 24.9 Å². The summed E-state index contributed by atoms with van der Waals surface area (Å²) in [5.41, 5.74) is 0.820. The molecule has 2 rings (SSSR count). The minimum atomic E-state index is -0.494. The number of alkyl carbamates (subject to hydrolysis) is 1. The zero-order valence-corrected chi connectivity index (χ0v) is 12.7. The fraction of sp³-hybridized carbons (Fsp3) is 0.625. The second-order valence-corrected chi connectivity index (χ2v) is 6.00. The van der Waals surface area contributed by atoms with Crippen LogP contribution in [0.3, 0.4) is 0 Å². The minimum absolute atomic E-state index is 0.162. The molecule has 0 spiro atoms. The highest BCUT2D eigenvalue weighted by Crippen LogP contribution is 2.31. The molecule has 1 saturated carbocycles. The third-order valence-electron chi connectivity index (χ3n) is 4.16. The lowest BCUT2D eigenvalue weighted by Gasteiger charge is -2.40. The van der Waals surface area contributed by atoms with Crippen LogP contribution in [0.1, 0.15) is 39.0 Å². The Kier molecular flexibility index (Phi) is 5.04. The predicted molar refractivity (Wildman–Crippen MR) is 80.5 cm³/mol. The topological polar surface area (TPSA) is 58.6 Å². The Balaban J connectivity index is 2.02. The van der Waals surface area contributed by atoms with E-state index in [1.165, 1.54) is 19.3 Å². The average Bonchev–Trinajstić information content (AvgIpc) is 2.41. The Morgan fingerprint density at radius 1 is 1.29 bits per heavy atom. The van der Waals surface area contributed by atoms with E-state index in [0.29, 0.717) is 24.8 Å². The van der Waals surface area contributed by atoms with Crippen molar-refractivity contribution in [2.24, 2.45) is 5.92 Å². The first-order valence-corrected chi connectivity index (χ1v) is 7.56. The van der Waals surface area contributed by atoms with E-state index in [0.717, 1.165) is 18.5 Å². The van der Waals surface area contributed by atoms with Crippen LogP contribution < -0.4 is 5.32 Å². The highest BCUT2D eigenvalue weighted by atomic mass is 16.6. The van der Waals surface area contributed by atoms with Crippen molar-refractivity contribution in [3.63, 3.8) is 0 Å². The summed E-state index contributed by atoms with van der Waals surface area (Å²) in [5, 5.41) is 2.91. The van der Waals surface area contributed by atoms with Gasteiger partial charge in [-0.05, 0) is 25.7 Å². The largest absolute Gasteiger partial charge is 0.416 e. The number of carbonyl (C=O) groups excluding carboxylic acids is 2. The molecule has 21 heavy (non-hydrogen) atoms. The quantitative estimate of drug-likeness (QED) is 0.791. The average molecular weight is 292 g/mol. The molecule has 1 heterocycles. The molecule has 0 bridgehead atoms. The molecular weight excluding hydrogens is 268 g/mol. The van der Waals surface area contributed by atoms with Crippen molar-refractivity contribution < 1.29 is 14.3 Å². The van der Waals surface area contributed by atoms with Gasteiger partial charge in [-0.1, -0.05) is 32.4 Å². The summed E-state index contributed by atoms with van der Waals surface area (Å²) in [6, 6.07) is -0.162. The molecular formula is C16H24N2O3. The van der Waals surface area contributed by atoms with Crippen molar-refractivity contribution in [3.05, 3.63) is 24.6 Å².